The quantitative estimate of drug-likeness (QED) is 0.846. The Morgan fingerprint density at radius 2 is 1.81 bits per heavy atom. The number of carbonyl (C=O) groups is 1. The highest BCUT2D eigenvalue weighted by molar-refractivity contribution is 6.13. The average Bonchev–Trinajstić information content (AvgIpc) is 2.88. The fourth-order valence-electron chi connectivity index (χ4n) is 2.15. The molecule has 2 aromatic carbocycles. The molecule has 0 unspecified atom stereocenters. The summed E-state index contributed by atoms with van der Waals surface area (Å²) in [5.74, 6) is 0.660. The minimum Gasteiger partial charge on any atom is -0.399 e. The molecule has 1 saturated heterocycles. The maximum atomic E-state index is 12.0. The second-order valence-corrected chi connectivity index (χ2v) is 4.86. The number of nitrogens with one attached hydrogen (secondary N) is 1. The SMILES string of the molecule is Nc1ccc(N2NC(=NCc3ccccc3)CC2=O)cc1. The van der Waals surface area contributed by atoms with Crippen molar-refractivity contribution in [1.29, 1.82) is 0 Å². The van der Waals surface area contributed by atoms with E-state index >= 15 is 0 Å². The van der Waals surface area contributed by atoms with Crippen LogP contribution in [0.3, 0.4) is 0 Å². The number of nitrogen functional groups attached to an aromatic ring is 1. The van der Waals surface area contributed by atoms with Gasteiger partial charge >= 0.3 is 0 Å². The maximum Gasteiger partial charge on any atom is 0.253 e. The van der Waals surface area contributed by atoms with Gasteiger partial charge < -0.3 is 5.73 Å². The maximum absolute atomic E-state index is 12.0. The van der Waals surface area contributed by atoms with Gasteiger partial charge in [0, 0.05) is 5.69 Å². The molecule has 0 bridgehead atoms. The van der Waals surface area contributed by atoms with Crippen LogP contribution in [0.1, 0.15) is 12.0 Å². The fourth-order valence-corrected chi connectivity index (χ4v) is 2.15. The highest BCUT2D eigenvalue weighted by atomic mass is 16.2. The summed E-state index contributed by atoms with van der Waals surface area (Å²) in [5, 5.41) is 1.50. The molecule has 1 aliphatic rings. The van der Waals surface area contributed by atoms with Crippen LogP contribution in [0, 0.1) is 0 Å². The molecule has 5 heteroatoms. The van der Waals surface area contributed by atoms with Crippen molar-refractivity contribution in [3.05, 3.63) is 60.2 Å². The van der Waals surface area contributed by atoms with Gasteiger partial charge in [-0.15, -0.1) is 0 Å². The lowest BCUT2D eigenvalue weighted by atomic mass is 10.2. The van der Waals surface area contributed by atoms with Crippen molar-refractivity contribution in [2.24, 2.45) is 4.99 Å². The number of hydrogen-bond acceptors (Lipinski definition) is 3. The summed E-state index contributed by atoms with van der Waals surface area (Å²) in [4.78, 5) is 16.5. The molecule has 1 aliphatic heterocycles. The summed E-state index contributed by atoms with van der Waals surface area (Å²) in [7, 11) is 0. The predicted octanol–water partition coefficient (Wildman–Crippen LogP) is 2.11. The summed E-state index contributed by atoms with van der Waals surface area (Å²) >= 11 is 0. The Morgan fingerprint density at radius 3 is 2.52 bits per heavy atom. The molecule has 1 amide bonds. The summed E-state index contributed by atoms with van der Waals surface area (Å²) in [6.07, 6.45) is 0.289. The topological polar surface area (TPSA) is 70.7 Å². The van der Waals surface area contributed by atoms with E-state index in [0.717, 1.165) is 11.3 Å². The highest BCUT2D eigenvalue weighted by Crippen LogP contribution is 2.18. The molecule has 2 aromatic rings. The van der Waals surface area contributed by atoms with Gasteiger partial charge in [-0.1, -0.05) is 30.3 Å². The van der Waals surface area contributed by atoms with E-state index in [2.05, 4.69) is 10.4 Å². The highest BCUT2D eigenvalue weighted by Gasteiger charge is 2.26. The van der Waals surface area contributed by atoms with Gasteiger partial charge in [0.2, 0.25) is 0 Å². The zero-order chi connectivity index (χ0) is 14.7. The summed E-state index contributed by atoms with van der Waals surface area (Å²) in [5.41, 5.74) is 11.2. The van der Waals surface area contributed by atoms with Crippen molar-refractivity contribution in [3.8, 4) is 0 Å². The number of anilines is 2. The number of benzene rings is 2. The zero-order valence-electron chi connectivity index (χ0n) is 11.5. The normalized spacial score (nSPS) is 16.3. The van der Waals surface area contributed by atoms with Crippen molar-refractivity contribution < 1.29 is 4.79 Å². The number of hydrogen-bond donors (Lipinski definition) is 2. The predicted molar refractivity (Wildman–Crippen MR) is 83.7 cm³/mol. The van der Waals surface area contributed by atoms with E-state index in [4.69, 9.17) is 5.73 Å². The van der Waals surface area contributed by atoms with Gasteiger partial charge in [0.15, 0.2) is 0 Å². The smallest absolute Gasteiger partial charge is 0.253 e. The standard InChI is InChI=1S/C16H16N4O/c17-13-6-8-14(9-7-13)20-16(21)10-15(19-20)18-11-12-4-2-1-3-5-12/h1-9H,10-11,17H2,(H,18,19). The van der Waals surface area contributed by atoms with Gasteiger partial charge in [0.05, 0.1) is 18.7 Å². The van der Waals surface area contributed by atoms with Crippen molar-refractivity contribution in [2.45, 2.75) is 13.0 Å². The van der Waals surface area contributed by atoms with Gasteiger partial charge in [0.1, 0.15) is 5.84 Å². The first-order chi connectivity index (χ1) is 10.2. The minimum absolute atomic E-state index is 0.0217. The number of amidine groups is 1. The van der Waals surface area contributed by atoms with Crippen molar-refractivity contribution in [2.75, 3.05) is 10.7 Å². The van der Waals surface area contributed by atoms with E-state index in [1.54, 1.807) is 24.3 Å². The molecule has 106 valence electrons. The molecule has 0 aliphatic carbocycles. The number of rotatable bonds is 3. The molecule has 1 fully saturated rings. The molecule has 1 heterocycles. The van der Waals surface area contributed by atoms with Crippen LogP contribution in [-0.2, 0) is 11.3 Å². The molecule has 21 heavy (non-hydrogen) atoms. The van der Waals surface area contributed by atoms with Crippen LogP contribution in [-0.4, -0.2) is 11.7 Å². The number of nitrogens with two attached hydrogens (primary N) is 1. The molecule has 0 spiro atoms. The van der Waals surface area contributed by atoms with Gasteiger partial charge in [-0.25, -0.2) is 5.01 Å². The van der Waals surface area contributed by atoms with Gasteiger partial charge in [-0.2, -0.15) is 0 Å². The van der Waals surface area contributed by atoms with Gasteiger partial charge in [-0.3, -0.25) is 15.2 Å². The number of nitrogens with zero attached hydrogens (tertiary/aromatic N) is 2. The molecule has 0 atom stereocenters. The van der Waals surface area contributed by atoms with Crippen LogP contribution in [0.5, 0.6) is 0 Å². The Bertz CT molecular complexity index is 664. The first kappa shape index (κ1) is 13.2. The minimum atomic E-state index is -0.0217. The number of amides is 1. The van der Waals surface area contributed by atoms with Crippen molar-refractivity contribution in [3.63, 3.8) is 0 Å². The third kappa shape index (κ3) is 3.02. The molecule has 5 nitrogen and oxygen atoms in total. The Kier molecular flexibility index (Phi) is 3.55. The Labute approximate surface area is 123 Å². The number of hydrazine groups is 1. The van der Waals surface area contributed by atoms with E-state index in [1.807, 2.05) is 30.3 Å². The molecule has 3 N–H and O–H groups in total. The van der Waals surface area contributed by atoms with E-state index < -0.39 is 0 Å². The second-order valence-electron chi connectivity index (χ2n) is 4.86. The molecular weight excluding hydrogens is 264 g/mol. The van der Waals surface area contributed by atoms with Crippen LogP contribution >= 0.6 is 0 Å². The lowest BCUT2D eigenvalue weighted by Gasteiger charge is -2.15. The first-order valence-corrected chi connectivity index (χ1v) is 6.75. The molecule has 0 radical (unpaired) electrons. The Hall–Kier alpha value is -2.82. The lowest BCUT2D eigenvalue weighted by Crippen LogP contribution is -2.35. The largest absolute Gasteiger partial charge is 0.399 e. The van der Waals surface area contributed by atoms with Crippen molar-refractivity contribution >= 4 is 23.1 Å². The summed E-state index contributed by atoms with van der Waals surface area (Å²) in [6, 6.07) is 17.1. The van der Waals surface area contributed by atoms with Crippen LogP contribution in [0.2, 0.25) is 0 Å². The van der Waals surface area contributed by atoms with Gasteiger partial charge in [-0.05, 0) is 29.8 Å². The monoisotopic (exact) mass is 280 g/mol. The third-order valence-electron chi connectivity index (χ3n) is 3.26. The van der Waals surface area contributed by atoms with E-state index in [1.165, 1.54) is 5.01 Å². The molecule has 3 rings (SSSR count). The van der Waals surface area contributed by atoms with E-state index in [0.29, 0.717) is 18.1 Å². The lowest BCUT2D eigenvalue weighted by molar-refractivity contribution is -0.116. The molecular formula is C16H16N4O. The Morgan fingerprint density at radius 1 is 1.10 bits per heavy atom. The van der Waals surface area contributed by atoms with Gasteiger partial charge in [0.25, 0.3) is 5.91 Å². The second kappa shape index (κ2) is 5.66. The molecule has 0 saturated carbocycles. The van der Waals surface area contributed by atoms with E-state index in [-0.39, 0.29) is 12.3 Å². The van der Waals surface area contributed by atoms with Crippen molar-refractivity contribution in [1.82, 2.24) is 5.43 Å². The average molecular weight is 280 g/mol. The molecule has 0 aromatic heterocycles. The van der Waals surface area contributed by atoms with E-state index in [9.17, 15) is 4.79 Å². The first-order valence-electron chi connectivity index (χ1n) is 6.75. The number of aliphatic imine (C=N–C) groups is 1. The van der Waals surface area contributed by atoms with Crippen LogP contribution in [0.15, 0.2) is 59.6 Å². The van der Waals surface area contributed by atoms with Crippen LogP contribution < -0.4 is 16.2 Å². The number of carbonyl (C=O) groups excluding carboxylic acids is 1. The van der Waals surface area contributed by atoms with Crippen LogP contribution in [0.4, 0.5) is 11.4 Å². The summed E-state index contributed by atoms with van der Waals surface area (Å²) < 4.78 is 0. The summed E-state index contributed by atoms with van der Waals surface area (Å²) in [6.45, 7) is 0.562. The van der Waals surface area contributed by atoms with Crippen LogP contribution in [0.25, 0.3) is 0 Å². The third-order valence-corrected chi connectivity index (χ3v) is 3.26. The fraction of sp³-hybridized carbons (Fsp3) is 0.125. The zero-order valence-corrected chi connectivity index (χ0v) is 11.5. The Balaban J connectivity index is 1.71.